The van der Waals surface area contributed by atoms with Crippen LogP contribution in [0.5, 0.6) is 0 Å². The van der Waals surface area contributed by atoms with Crippen molar-refractivity contribution in [3.8, 4) is 0 Å². The molecular formula is C23H36F2N4O. The van der Waals surface area contributed by atoms with E-state index in [1.807, 2.05) is 0 Å². The summed E-state index contributed by atoms with van der Waals surface area (Å²) in [5.74, 6) is -0.769. The van der Waals surface area contributed by atoms with Gasteiger partial charge in [0.1, 0.15) is 0 Å². The van der Waals surface area contributed by atoms with Gasteiger partial charge in [-0.15, -0.1) is 0 Å². The zero-order valence-corrected chi connectivity index (χ0v) is 18.3. The average molecular weight is 423 g/mol. The number of aliphatic hydroxyl groups excluding tert-OH is 1. The van der Waals surface area contributed by atoms with E-state index in [-0.39, 0.29) is 11.5 Å². The number of hydrogen-bond acceptors (Lipinski definition) is 3. The highest BCUT2D eigenvalue weighted by molar-refractivity contribution is 5.80. The lowest BCUT2D eigenvalue weighted by molar-refractivity contribution is 0.00715. The maximum absolute atomic E-state index is 13.4. The predicted molar refractivity (Wildman–Crippen MR) is 116 cm³/mol. The molecule has 0 bridgehead atoms. The Morgan fingerprint density at radius 1 is 1.20 bits per heavy atom. The van der Waals surface area contributed by atoms with Gasteiger partial charge in [0.15, 0.2) is 17.6 Å². The van der Waals surface area contributed by atoms with Crippen molar-refractivity contribution >= 4 is 5.96 Å². The van der Waals surface area contributed by atoms with Gasteiger partial charge in [0, 0.05) is 37.6 Å². The third-order valence-electron chi connectivity index (χ3n) is 6.54. The van der Waals surface area contributed by atoms with Crippen LogP contribution in [0.15, 0.2) is 23.2 Å². The van der Waals surface area contributed by atoms with Crippen LogP contribution in [-0.4, -0.2) is 54.3 Å². The van der Waals surface area contributed by atoms with Crippen molar-refractivity contribution < 1.29 is 13.9 Å². The molecule has 1 aliphatic heterocycles. The molecule has 0 amide bonds. The lowest BCUT2D eigenvalue weighted by Gasteiger charge is -2.37. The lowest BCUT2D eigenvalue weighted by Crippen LogP contribution is -2.49. The molecule has 168 valence electrons. The van der Waals surface area contributed by atoms with E-state index in [4.69, 9.17) is 4.99 Å². The van der Waals surface area contributed by atoms with Gasteiger partial charge < -0.3 is 15.7 Å². The van der Waals surface area contributed by atoms with Crippen LogP contribution in [-0.2, 0) is 6.54 Å². The summed E-state index contributed by atoms with van der Waals surface area (Å²) in [7, 11) is 0. The van der Waals surface area contributed by atoms with E-state index in [9.17, 15) is 13.9 Å². The van der Waals surface area contributed by atoms with Crippen molar-refractivity contribution in [2.24, 2.45) is 10.4 Å². The SMILES string of the molecule is CCNC(=NCC1(C)CCCCC1O)NC1CCN(Cc2ccc(F)c(F)c2)CC1. The zero-order chi connectivity index (χ0) is 21.6. The highest BCUT2D eigenvalue weighted by atomic mass is 19.2. The molecule has 2 unspecified atom stereocenters. The fourth-order valence-corrected chi connectivity index (χ4v) is 4.47. The molecule has 1 aromatic carbocycles. The Labute approximate surface area is 179 Å². The first-order valence-electron chi connectivity index (χ1n) is 11.3. The maximum Gasteiger partial charge on any atom is 0.191 e. The van der Waals surface area contributed by atoms with Gasteiger partial charge in [-0.2, -0.15) is 0 Å². The molecule has 0 spiro atoms. The topological polar surface area (TPSA) is 59.9 Å². The number of halogens is 2. The van der Waals surface area contributed by atoms with Crippen molar-refractivity contribution in [2.75, 3.05) is 26.2 Å². The smallest absolute Gasteiger partial charge is 0.191 e. The van der Waals surface area contributed by atoms with Crippen molar-refractivity contribution in [3.05, 3.63) is 35.4 Å². The van der Waals surface area contributed by atoms with E-state index >= 15 is 0 Å². The van der Waals surface area contributed by atoms with Gasteiger partial charge in [-0.1, -0.05) is 25.8 Å². The molecule has 1 heterocycles. The highest BCUT2D eigenvalue weighted by Crippen LogP contribution is 2.36. The number of guanidine groups is 1. The van der Waals surface area contributed by atoms with Crippen LogP contribution in [0.4, 0.5) is 8.78 Å². The van der Waals surface area contributed by atoms with Crippen LogP contribution in [0.25, 0.3) is 0 Å². The molecule has 2 aliphatic rings. The molecular weight excluding hydrogens is 386 g/mol. The van der Waals surface area contributed by atoms with Crippen LogP contribution in [0.2, 0.25) is 0 Å². The molecule has 2 atom stereocenters. The van der Waals surface area contributed by atoms with Gasteiger partial charge in [-0.05, 0) is 50.3 Å². The molecule has 1 aromatic rings. The minimum atomic E-state index is -0.800. The summed E-state index contributed by atoms with van der Waals surface area (Å²) in [5.41, 5.74) is 0.656. The van der Waals surface area contributed by atoms with Gasteiger partial charge >= 0.3 is 0 Å². The van der Waals surface area contributed by atoms with Gasteiger partial charge in [-0.25, -0.2) is 8.78 Å². The number of nitrogens with zero attached hydrogens (tertiary/aromatic N) is 2. The average Bonchev–Trinajstić information content (AvgIpc) is 2.73. The van der Waals surface area contributed by atoms with E-state index < -0.39 is 11.6 Å². The first-order valence-corrected chi connectivity index (χ1v) is 11.3. The molecule has 3 N–H and O–H groups in total. The summed E-state index contributed by atoms with van der Waals surface area (Å²) in [6.07, 6.45) is 5.79. The molecule has 2 fully saturated rings. The Bertz CT molecular complexity index is 721. The lowest BCUT2D eigenvalue weighted by atomic mass is 9.73. The van der Waals surface area contributed by atoms with Crippen LogP contribution in [0.3, 0.4) is 0 Å². The maximum atomic E-state index is 13.4. The van der Waals surface area contributed by atoms with Gasteiger partial charge in [0.2, 0.25) is 0 Å². The Hall–Kier alpha value is -1.73. The van der Waals surface area contributed by atoms with E-state index in [0.29, 0.717) is 19.1 Å². The Morgan fingerprint density at radius 3 is 2.63 bits per heavy atom. The van der Waals surface area contributed by atoms with Gasteiger partial charge in [0.25, 0.3) is 0 Å². The molecule has 1 saturated carbocycles. The van der Waals surface area contributed by atoms with E-state index in [1.165, 1.54) is 12.1 Å². The summed E-state index contributed by atoms with van der Waals surface area (Å²) < 4.78 is 26.5. The number of piperidine rings is 1. The Kier molecular flexibility index (Phi) is 8.06. The molecule has 5 nitrogen and oxygen atoms in total. The van der Waals surface area contributed by atoms with Gasteiger partial charge in [-0.3, -0.25) is 9.89 Å². The minimum Gasteiger partial charge on any atom is -0.392 e. The van der Waals surface area contributed by atoms with Gasteiger partial charge in [0.05, 0.1) is 12.6 Å². The molecule has 0 aromatic heterocycles. The standard InChI is InChI=1S/C23H36F2N4O/c1-3-26-22(27-16-23(2)11-5-4-6-21(23)30)28-18-9-12-29(13-10-18)15-17-7-8-19(24)20(25)14-17/h7-8,14,18,21,30H,3-6,9-13,15-16H2,1-2H3,(H2,26,27,28). The summed E-state index contributed by atoms with van der Waals surface area (Å²) in [6.45, 7) is 8.03. The molecule has 1 saturated heterocycles. The first kappa shape index (κ1) is 22.9. The fraction of sp³-hybridized carbons (Fsp3) is 0.696. The second-order valence-electron chi connectivity index (χ2n) is 9.05. The second-order valence-corrected chi connectivity index (χ2v) is 9.05. The molecule has 7 heteroatoms. The van der Waals surface area contributed by atoms with Crippen molar-refractivity contribution in [3.63, 3.8) is 0 Å². The van der Waals surface area contributed by atoms with E-state index in [0.717, 1.165) is 69.7 Å². The zero-order valence-electron chi connectivity index (χ0n) is 18.3. The largest absolute Gasteiger partial charge is 0.392 e. The van der Waals surface area contributed by atoms with Crippen LogP contribution >= 0.6 is 0 Å². The second kappa shape index (κ2) is 10.5. The Balaban J connectivity index is 1.50. The molecule has 3 rings (SSSR count). The molecule has 1 aliphatic carbocycles. The number of nitrogens with one attached hydrogen (secondary N) is 2. The van der Waals surface area contributed by atoms with Crippen molar-refractivity contribution in [1.82, 2.24) is 15.5 Å². The van der Waals surface area contributed by atoms with Crippen molar-refractivity contribution in [2.45, 2.75) is 71.1 Å². The highest BCUT2D eigenvalue weighted by Gasteiger charge is 2.35. The number of hydrogen-bond donors (Lipinski definition) is 3. The third kappa shape index (κ3) is 6.14. The Morgan fingerprint density at radius 2 is 1.97 bits per heavy atom. The monoisotopic (exact) mass is 422 g/mol. The van der Waals surface area contributed by atoms with E-state index in [2.05, 4.69) is 29.4 Å². The van der Waals surface area contributed by atoms with E-state index in [1.54, 1.807) is 6.07 Å². The number of likely N-dealkylation sites (tertiary alicyclic amines) is 1. The summed E-state index contributed by atoms with van der Waals surface area (Å²) in [4.78, 5) is 7.07. The molecule has 0 radical (unpaired) electrons. The summed E-state index contributed by atoms with van der Waals surface area (Å²) in [5, 5.41) is 17.3. The minimum absolute atomic E-state index is 0.144. The summed E-state index contributed by atoms with van der Waals surface area (Å²) in [6, 6.07) is 4.46. The third-order valence-corrected chi connectivity index (χ3v) is 6.54. The van der Waals surface area contributed by atoms with Crippen LogP contribution < -0.4 is 10.6 Å². The number of aliphatic hydroxyl groups is 1. The van der Waals surface area contributed by atoms with Crippen molar-refractivity contribution in [1.29, 1.82) is 0 Å². The number of benzene rings is 1. The normalized spacial score (nSPS) is 26.6. The molecule has 30 heavy (non-hydrogen) atoms. The fourth-order valence-electron chi connectivity index (χ4n) is 4.47. The van der Waals surface area contributed by atoms with Crippen LogP contribution in [0, 0.1) is 17.0 Å². The number of aliphatic imine (C=N–C) groups is 1. The first-order chi connectivity index (χ1) is 14.4. The number of rotatable bonds is 6. The summed E-state index contributed by atoms with van der Waals surface area (Å²) >= 11 is 0. The quantitative estimate of drug-likeness (QED) is 0.486. The predicted octanol–water partition coefficient (Wildman–Crippen LogP) is 3.43. The van der Waals surface area contributed by atoms with Crippen LogP contribution in [0.1, 0.15) is 57.9 Å².